The average Bonchev–Trinajstić information content (AvgIpc) is 3.82. The van der Waals surface area contributed by atoms with E-state index in [4.69, 9.17) is 33.7 Å². The Bertz CT molecular complexity index is 1720. The standard InChI is InChI=1S/C44H70N5O8P/c1-5-6-7-8-9-10-11-12-13-14-15-16-17-18-19-20-27-52-31-38(53-30-36-21-22-37(29-45)42(28-36)56-35(2)3)32-54-58(50,51)55-33-44(4)26-25-41(57-44)39-23-24-40-43(46)47-34-48-49(39)40/h21-24,28,34-35,38,41H,5-20,25-27,30-33H2,1-4H3,(H,50,51)(H2,46,47,48)/t38-,41-,44+/m1/s1. The van der Waals surface area contributed by atoms with Crippen molar-refractivity contribution < 1.29 is 37.5 Å². The summed E-state index contributed by atoms with van der Waals surface area (Å²) in [6, 6.07) is 11.2. The van der Waals surface area contributed by atoms with Crippen LogP contribution in [0.15, 0.2) is 36.7 Å². The van der Waals surface area contributed by atoms with Crippen LogP contribution in [0.4, 0.5) is 5.82 Å². The lowest BCUT2D eigenvalue weighted by molar-refractivity contribution is -0.0710. The fourth-order valence-electron chi connectivity index (χ4n) is 7.29. The van der Waals surface area contributed by atoms with E-state index in [1.54, 1.807) is 22.7 Å². The van der Waals surface area contributed by atoms with Crippen LogP contribution in [0, 0.1) is 11.3 Å². The predicted molar refractivity (Wildman–Crippen MR) is 226 cm³/mol. The number of benzene rings is 1. The molecule has 1 unspecified atom stereocenters. The monoisotopic (exact) mass is 827 g/mol. The third-order valence-corrected chi connectivity index (χ3v) is 11.6. The van der Waals surface area contributed by atoms with E-state index in [0.717, 1.165) is 24.1 Å². The molecule has 1 fully saturated rings. The second-order valence-corrected chi connectivity index (χ2v) is 17.7. The molecule has 0 radical (unpaired) electrons. The number of rotatable bonds is 31. The highest BCUT2D eigenvalue weighted by molar-refractivity contribution is 7.47. The molecule has 0 spiro atoms. The third-order valence-electron chi connectivity index (χ3n) is 10.6. The first-order valence-electron chi connectivity index (χ1n) is 21.8. The maximum Gasteiger partial charge on any atom is 0.472 e. The highest BCUT2D eigenvalue weighted by atomic mass is 31.2. The number of nitriles is 1. The zero-order valence-electron chi connectivity index (χ0n) is 35.6. The lowest BCUT2D eigenvalue weighted by Crippen LogP contribution is -2.30. The maximum absolute atomic E-state index is 13.2. The summed E-state index contributed by atoms with van der Waals surface area (Å²) < 4.78 is 50.2. The fourth-order valence-corrected chi connectivity index (χ4v) is 8.15. The molecular weight excluding hydrogens is 757 g/mol. The smallest absolute Gasteiger partial charge is 0.472 e. The van der Waals surface area contributed by atoms with Crippen molar-refractivity contribution >= 4 is 19.2 Å². The first kappa shape index (κ1) is 47.6. The van der Waals surface area contributed by atoms with Gasteiger partial charge >= 0.3 is 7.82 Å². The van der Waals surface area contributed by atoms with E-state index in [0.29, 0.717) is 42.1 Å². The molecule has 4 atom stereocenters. The van der Waals surface area contributed by atoms with Crippen molar-refractivity contribution in [2.45, 2.75) is 174 Å². The molecule has 58 heavy (non-hydrogen) atoms. The number of nitrogens with two attached hydrogens (primary N) is 1. The van der Waals surface area contributed by atoms with Crippen molar-refractivity contribution in [3.8, 4) is 11.8 Å². The van der Waals surface area contributed by atoms with E-state index >= 15 is 0 Å². The van der Waals surface area contributed by atoms with Crippen LogP contribution >= 0.6 is 7.82 Å². The topological polar surface area (TPSA) is 173 Å². The number of hydrogen-bond acceptors (Lipinski definition) is 11. The van der Waals surface area contributed by atoms with Crippen molar-refractivity contribution in [2.24, 2.45) is 0 Å². The van der Waals surface area contributed by atoms with Gasteiger partial charge in [0.15, 0.2) is 5.82 Å². The minimum absolute atomic E-state index is 0.105. The molecule has 3 heterocycles. The van der Waals surface area contributed by atoms with Gasteiger partial charge in [-0.05, 0) is 69.9 Å². The van der Waals surface area contributed by atoms with Gasteiger partial charge in [-0.15, -0.1) is 0 Å². The normalized spacial score (nSPS) is 18.5. The molecule has 0 saturated carbocycles. The van der Waals surface area contributed by atoms with E-state index in [-0.39, 0.29) is 38.6 Å². The van der Waals surface area contributed by atoms with Crippen LogP contribution in [0.5, 0.6) is 5.75 Å². The summed E-state index contributed by atoms with van der Waals surface area (Å²) >= 11 is 0. The lowest BCUT2D eigenvalue weighted by Gasteiger charge is -2.26. The number of fused-ring (bicyclic) bond motifs is 1. The molecule has 324 valence electrons. The predicted octanol–water partition coefficient (Wildman–Crippen LogP) is 10.6. The van der Waals surface area contributed by atoms with Crippen molar-refractivity contribution in [3.63, 3.8) is 0 Å². The number of nitrogens with zero attached hydrogens (tertiary/aromatic N) is 4. The van der Waals surface area contributed by atoms with Crippen LogP contribution in [-0.2, 0) is 34.4 Å². The number of unbranched alkanes of at least 4 members (excludes halogenated alkanes) is 15. The molecule has 1 aromatic carbocycles. The molecule has 2 aromatic heterocycles. The first-order valence-corrected chi connectivity index (χ1v) is 23.3. The number of hydrogen-bond donors (Lipinski definition) is 2. The van der Waals surface area contributed by atoms with Crippen LogP contribution < -0.4 is 10.5 Å². The molecular formula is C44H70N5O8P. The summed E-state index contributed by atoms with van der Waals surface area (Å²) in [5.74, 6) is 0.852. The van der Waals surface area contributed by atoms with E-state index in [2.05, 4.69) is 23.1 Å². The van der Waals surface area contributed by atoms with Crippen molar-refractivity contribution in [2.75, 3.05) is 32.2 Å². The summed E-state index contributed by atoms with van der Waals surface area (Å²) in [5, 5.41) is 13.8. The van der Waals surface area contributed by atoms with Crippen LogP contribution in [0.2, 0.25) is 0 Å². The van der Waals surface area contributed by atoms with E-state index in [9.17, 15) is 14.7 Å². The molecule has 3 aromatic rings. The number of anilines is 1. The van der Waals surface area contributed by atoms with Gasteiger partial charge in [0.25, 0.3) is 0 Å². The van der Waals surface area contributed by atoms with Crippen molar-refractivity contribution in [1.82, 2.24) is 14.6 Å². The Morgan fingerprint density at radius 3 is 2.26 bits per heavy atom. The highest BCUT2D eigenvalue weighted by Gasteiger charge is 2.40. The molecule has 13 nitrogen and oxygen atoms in total. The minimum Gasteiger partial charge on any atom is -0.490 e. The Kier molecular flexibility index (Phi) is 20.9. The Hall–Kier alpha value is -3.08. The molecule has 0 bridgehead atoms. The number of phosphoric acid groups is 1. The van der Waals surface area contributed by atoms with Gasteiger partial charge in [0.1, 0.15) is 35.9 Å². The second kappa shape index (κ2) is 25.5. The largest absolute Gasteiger partial charge is 0.490 e. The van der Waals surface area contributed by atoms with Crippen molar-refractivity contribution in [3.05, 3.63) is 53.5 Å². The van der Waals surface area contributed by atoms with Gasteiger partial charge in [0.2, 0.25) is 0 Å². The van der Waals surface area contributed by atoms with Gasteiger partial charge in [0, 0.05) is 6.61 Å². The number of aromatic nitrogens is 3. The SMILES string of the molecule is CCCCCCCCCCCCCCCCCCOC[C@H](COP(=O)(O)OC[C@]1(C)CC[C@H](c2ccc3c(N)ncnn23)O1)OCc1ccc(C#N)c(OC(C)C)c1. The Morgan fingerprint density at radius 1 is 0.966 bits per heavy atom. The van der Waals surface area contributed by atoms with Gasteiger partial charge in [0.05, 0.1) is 49.4 Å². The van der Waals surface area contributed by atoms with E-state index < -0.39 is 19.5 Å². The number of phosphoric ester groups is 1. The number of ether oxygens (including phenoxy) is 4. The fraction of sp³-hybridized carbons (Fsp3) is 0.705. The zero-order valence-corrected chi connectivity index (χ0v) is 36.5. The highest BCUT2D eigenvalue weighted by Crippen LogP contribution is 2.47. The zero-order chi connectivity index (χ0) is 41.6. The summed E-state index contributed by atoms with van der Waals surface area (Å²) in [4.78, 5) is 14.8. The maximum atomic E-state index is 13.2. The first-order chi connectivity index (χ1) is 28.0. The lowest BCUT2D eigenvalue weighted by atomic mass is 10.0. The molecule has 0 aliphatic carbocycles. The molecule has 0 amide bonds. The Morgan fingerprint density at radius 2 is 1.62 bits per heavy atom. The summed E-state index contributed by atoms with van der Waals surface area (Å²) in [6.07, 6.45) is 22.4. The van der Waals surface area contributed by atoms with Crippen LogP contribution in [0.3, 0.4) is 0 Å². The van der Waals surface area contributed by atoms with Crippen LogP contribution in [-0.4, -0.2) is 63.7 Å². The van der Waals surface area contributed by atoms with E-state index in [1.165, 1.54) is 96.2 Å². The van der Waals surface area contributed by atoms with Crippen molar-refractivity contribution in [1.29, 1.82) is 5.26 Å². The summed E-state index contributed by atoms with van der Waals surface area (Å²) in [6.45, 7) is 8.43. The van der Waals surface area contributed by atoms with Gasteiger partial charge in [-0.1, -0.05) is 109 Å². The van der Waals surface area contributed by atoms with Gasteiger partial charge in [-0.2, -0.15) is 10.4 Å². The molecule has 14 heteroatoms. The van der Waals surface area contributed by atoms with E-state index in [1.807, 2.05) is 32.9 Å². The molecule has 1 saturated heterocycles. The molecule has 1 aliphatic heterocycles. The van der Waals surface area contributed by atoms with Gasteiger partial charge in [-0.3, -0.25) is 9.05 Å². The average molecular weight is 828 g/mol. The number of nitrogen functional groups attached to an aromatic ring is 1. The van der Waals surface area contributed by atoms with Crippen LogP contribution in [0.25, 0.3) is 5.52 Å². The van der Waals surface area contributed by atoms with Gasteiger partial charge in [-0.25, -0.2) is 14.1 Å². The third kappa shape index (κ3) is 16.9. The molecule has 1 aliphatic rings. The van der Waals surface area contributed by atoms with Gasteiger partial charge < -0.3 is 29.6 Å². The van der Waals surface area contributed by atoms with Crippen LogP contribution in [0.1, 0.15) is 166 Å². The quantitative estimate of drug-likeness (QED) is 0.0465. The second-order valence-electron chi connectivity index (χ2n) is 16.3. The minimum atomic E-state index is -4.49. The molecule has 4 rings (SSSR count). The Labute approximate surface area is 346 Å². The summed E-state index contributed by atoms with van der Waals surface area (Å²) in [7, 11) is -4.49. The molecule has 3 N–H and O–H groups in total. The summed E-state index contributed by atoms with van der Waals surface area (Å²) in [5.41, 5.74) is 7.90. The Balaban J connectivity index is 1.18.